The van der Waals surface area contributed by atoms with Gasteiger partial charge in [-0.15, -0.1) is 0 Å². The number of aliphatic imine (C=N–C) groups is 1. The van der Waals surface area contributed by atoms with Gasteiger partial charge in [0.05, 0.1) is 0 Å². The Hall–Kier alpha value is -0.370. The molecule has 0 bridgehead atoms. The Kier molecular flexibility index (Phi) is 3.36. The molecule has 2 nitrogen and oxygen atoms in total. The van der Waals surface area contributed by atoms with Gasteiger partial charge in [-0.3, -0.25) is 4.99 Å². The van der Waals surface area contributed by atoms with E-state index in [-0.39, 0.29) is 0 Å². The zero-order valence-corrected chi connectivity index (χ0v) is 3.31. The Balaban J connectivity index is 2.62. The normalized spacial score (nSPS) is 10.0. The highest BCUT2D eigenvalue weighted by atomic mass is 14.7. The third-order valence-corrected chi connectivity index (χ3v) is 0.288. The minimum atomic E-state index is 0.552. The molecule has 0 aliphatic rings. The monoisotopic (exact) mass is 72.1 g/mol. The predicted octanol–water partition coefficient (Wildman–Crippen LogP) is -0.354. The first-order chi connectivity index (χ1) is 2.41. The summed E-state index contributed by atoms with van der Waals surface area (Å²) in [6.07, 6.45) is 1.65. The van der Waals surface area contributed by atoms with Crippen LogP contribution in [0.4, 0.5) is 0 Å². The van der Waals surface area contributed by atoms with Crippen LogP contribution in [0.2, 0.25) is 0 Å². The number of rotatable bonds is 1. The molecule has 0 aliphatic heterocycles. The molecule has 0 radical (unpaired) electrons. The van der Waals surface area contributed by atoms with Gasteiger partial charge in [0.25, 0.3) is 0 Å². The third kappa shape index (κ3) is 3.63. The second-order valence-corrected chi connectivity index (χ2v) is 0.676. The van der Waals surface area contributed by atoms with Crippen LogP contribution in [-0.2, 0) is 0 Å². The lowest BCUT2D eigenvalue weighted by Gasteiger charge is -1.67. The molecular weight excluding hydrogens is 64.0 g/mol. The van der Waals surface area contributed by atoms with Crippen molar-refractivity contribution < 1.29 is 0 Å². The fourth-order valence-corrected chi connectivity index (χ4v) is 0.105. The van der Waals surface area contributed by atoms with Crippen LogP contribution in [0.3, 0.4) is 0 Å². The van der Waals surface area contributed by atoms with Crippen LogP contribution in [0.15, 0.2) is 4.99 Å². The second-order valence-electron chi connectivity index (χ2n) is 0.676. The molecule has 0 aromatic heterocycles. The first-order valence-corrected chi connectivity index (χ1v) is 1.52. The molecule has 0 saturated carbocycles. The average Bonchev–Trinajstić information content (AvgIpc) is 1.41. The van der Waals surface area contributed by atoms with E-state index in [4.69, 9.17) is 5.73 Å². The van der Waals surface area contributed by atoms with Crippen LogP contribution in [0.25, 0.3) is 0 Å². The van der Waals surface area contributed by atoms with Crippen molar-refractivity contribution in [1.82, 2.24) is 0 Å². The summed E-state index contributed by atoms with van der Waals surface area (Å²) in [4.78, 5) is 3.60. The van der Waals surface area contributed by atoms with Gasteiger partial charge < -0.3 is 5.73 Å². The maximum Gasteiger partial charge on any atom is 0.0279 e. The highest BCUT2D eigenvalue weighted by Gasteiger charge is 1.51. The number of nitrogens with zero attached hydrogens (tertiary/aromatic N) is 1. The largest absolute Gasteiger partial charge is 0.326 e. The van der Waals surface area contributed by atoms with Crippen LogP contribution in [-0.4, -0.2) is 19.8 Å². The van der Waals surface area contributed by atoms with Crippen molar-refractivity contribution in [2.45, 2.75) is 0 Å². The van der Waals surface area contributed by atoms with Gasteiger partial charge in [-0.1, -0.05) is 0 Å². The first kappa shape index (κ1) is 4.63. The van der Waals surface area contributed by atoms with E-state index in [9.17, 15) is 0 Å². The van der Waals surface area contributed by atoms with Crippen molar-refractivity contribution >= 4 is 6.21 Å². The molecule has 0 rings (SSSR count). The smallest absolute Gasteiger partial charge is 0.0279 e. The molecular formula is C3H8N2. The van der Waals surface area contributed by atoms with Gasteiger partial charge in [-0.05, 0) is 0 Å². The molecule has 0 unspecified atom stereocenters. The van der Waals surface area contributed by atoms with Crippen molar-refractivity contribution in [3.8, 4) is 0 Å². The molecule has 30 valence electrons. The lowest BCUT2D eigenvalue weighted by molar-refractivity contribution is 1.31. The molecule has 2 N–H and O–H groups in total. The topological polar surface area (TPSA) is 38.4 Å². The van der Waals surface area contributed by atoms with Crippen LogP contribution in [0, 0.1) is 0 Å². The Morgan fingerprint density at radius 3 is 2.60 bits per heavy atom. The minimum absolute atomic E-state index is 0.552. The van der Waals surface area contributed by atoms with E-state index in [1.165, 1.54) is 0 Å². The van der Waals surface area contributed by atoms with Crippen LogP contribution >= 0.6 is 0 Å². The van der Waals surface area contributed by atoms with Crippen molar-refractivity contribution in [3.63, 3.8) is 0 Å². The molecule has 0 spiro atoms. The van der Waals surface area contributed by atoms with Crippen LogP contribution < -0.4 is 5.73 Å². The first-order valence-electron chi connectivity index (χ1n) is 1.52. The Morgan fingerprint density at radius 2 is 2.60 bits per heavy atom. The molecule has 0 aromatic rings. The summed E-state index contributed by atoms with van der Waals surface area (Å²) in [7, 11) is 1.70. The molecule has 0 fully saturated rings. The standard InChI is InChI=1S/C3H8N2/c1-5-3-2-4/h3H,2,4H2,1H3/b5-3-. The molecule has 0 saturated heterocycles. The molecule has 0 aromatic carbocycles. The van der Waals surface area contributed by atoms with Crippen molar-refractivity contribution in [2.24, 2.45) is 10.7 Å². The van der Waals surface area contributed by atoms with E-state index >= 15 is 0 Å². The van der Waals surface area contributed by atoms with Crippen molar-refractivity contribution in [1.29, 1.82) is 0 Å². The highest BCUT2D eigenvalue weighted by Crippen LogP contribution is 1.40. The van der Waals surface area contributed by atoms with E-state index < -0.39 is 0 Å². The average molecular weight is 72.1 g/mol. The summed E-state index contributed by atoms with van der Waals surface area (Å²) >= 11 is 0. The Morgan fingerprint density at radius 1 is 2.00 bits per heavy atom. The summed E-state index contributed by atoms with van der Waals surface area (Å²) in [5.74, 6) is 0. The summed E-state index contributed by atoms with van der Waals surface area (Å²) < 4.78 is 0. The number of nitrogens with two attached hydrogens (primary N) is 1. The predicted molar refractivity (Wildman–Crippen MR) is 23.5 cm³/mol. The van der Waals surface area contributed by atoms with Gasteiger partial charge in [0.2, 0.25) is 0 Å². The van der Waals surface area contributed by atoms with Crippen LogP contribution in [0.1, 0.15) is 0 Å². The summed E-state index contributed by atoms with van der Waals surface area (Å²) in [6, 6.07) is 0. The van der Waals surface area contributed by atoms with E-state index in [1.54, 1.807) is 13.3 Å². The molecule has 0 heterocycles. The van der Waals surface area contributed by atoms with Gasteiger partial charge >= 0.3 is 0 Å². The number of hydrogen-bond acceptors (Lipinski definition) is 2. The fourth-order valence-electron chi connectivity index (χ4n) is 0.105. The van der Waals surface area contributed by atoms with Crippen molar-refractivity contribution in [2.75, 3.05) is 13.6 Å². The van der Waals surface area contributed by atoms with Gasteiger partial charge in [-0.2, -0.15) is 0 Å². The second kappa shape index (κ2) is 3.63. The lowest BCUT2D eigenvalue weighted by Crippen LogP contribution is -1.97. The SMILES string of the molecule is C/N=C\CN. The van der Waals surface area contributed by atoms with Crippen molar-refractivity contribution in [3.05, 3.63) is 0 Å². The summed E-state index contributed by atoms with van der Waals surface area (Å²) in [6.45, 7) is 0.552. The van der Waals surface area contributed by atoms with Gasteiger partial charge in [0.15, 0.2) is 0 Å². The fraction of sp³-hybridized carbons (Fsp3) is 0.667. The molecule has 0 aliphatic carbocycles. The molecule has 5 heavy (non-hydrogen) atoms. The Labute approximate surface area is 31.7 Å². The zero-order chi connectivity index (χ0) is 4.12. The quantitative estimate of drug-likeness (QED) is 0.422. The third-order valence-electron chi connectivity index (χ3n) is 0.288. The molecule has 2 heteroatoms. The van der Waals surface area contributed by atoms with E-state index in [0.29, 0.717) is 6.54 Å². The highest BCUT2D eigenvalue weighted by molar-refractivity contribution is 5.58. The zero-order valence-electron chi connectivity index (χ0n) is 3.31. The Bertz CT molecular complexity index is 31.9. The maximum absolute atomic E-state index is 4.99. The number of hydrogen-bond donors (Lipinski definition) is 1. The van der Waals surface area contributed by atoms with Crippen LogP contribution in [0.5, 0.6) is 0 Å². The summed E-state index contributed by atoms with van der Waals surface area (Å²) in [5, 5.41) is 0. The lowest BCUT2D eigenvalue weighted by atomic mass is 10.8. The maximum atomic E-state index is 4.99. The molecule has 0 atom stereocenters. The minimum Gasteiger partial charge on any atom is -0.326 e. The van der Waals surface area contributed by atoms with E-state index in [2.05, 4.69) is 4.99 Å². The van der Waals surface area contributed by atoms with E-state index in [0.717, 1.165) is 0 Å². The molecule has 0 amide bonds. The van der Waals surface area contributed by atoms with Gasteiger partial charge in [-0.25, -0.2) is 0 Å². The van der Waals surface area contributed by atoms with Gasteiger partial charge in [0.1, 0.15) is 0 Å². The summed E-state index contributed by atoms with van der Waals surface area (Å²) in [5.41, 5.74) is 4.99. The van der Waals surface area contributed by atoms with Gasteiger partial charge in [0, 0.05) is 19.8 Å². The van der Waals surface area contributed by atoms with E-state index in [1.807, 2.05) is 0 Å².